The van der Waals surface area contributed by atoms with Gasteiger partial charge in [0, 0.05) is 22.5 Å². The molecule has 2 heterocycles. The minimum atomic E-state index is -0.639. The second kappa shape index (κ2) is 8.23. The first-order valence-electron chi connectivity index (χ1n) is 9.06. The molecule has 8 heteroatoms. The Balaban J connectivity index is 1.43. The number of hydrogen-bond donors (Lipinski definition) is 1. The molecule has 0 bridgehead atoms. The van der Waals surface area contributed by atoms with Crippen molar-refractivity contribution in [2.24, 2.45) is 0 Å². The van der Waals surface area contributed by atoms with Crippen molar-refractivity contribution in [2.45, 2.75) is 19.4 Å². The van der Waals surface area contributed by atoms with Gasteiger partial charge in [-0.15, -0.1) is 11.3 Å². The molecular formula is C21H18ClN3O3S. The molecule has 1 aliphatic heterocycles. The number of ether oxygens (including phenoxy) is 1. The standard InChI is InChI=1S/C21H18ClN3O3S/c1-13-20(27)25(17-8-4-5-9-18(17)28-13)12-19(26)24-21-23-11-15(29-21)10-14-6-2-3-7-16(14)22/h2-9,11,13H,10,12H2,1H3,(H,23,24,26). The van der Waals surface area contributed by atoms with Crippen molar-refractivity contribution in [2.75, 3.05) is 16.8 Å². The number of halogens is 1. The lowest BCUT2D eigenvalue weighted by molar-refractivity contribution is -0.127. The summed E-state index contributed by atoms with van der Waals surface area (Å²) in [4.78, 5) is 31.8. The van der Waals surface area contributed by atoms with Gasteiger partial charge in [-0.2, -0.15) is 0 Å². The first kappa shape index (κ1) is 19.4. The van der Waals surface area contributed by atoms with E-state index in [9.17, 15) is 9.59 Å². The number of amides is 2. The molecule has 29 heavy (non-hydrogen) atoms. The molecule has 2 amide bonds. The molecular weight excluding hydrogens is 410 g/mol. The van der Waals surface area contributed by atoms with Crippen LogP contribution in [0.25, 0.3) is 0 Å². The molecule has 1 aliphatic rings. The van der Waals surface area contributed by atoms with E-state index in [1.165, 1.54) is 16.2 Å². The Kier molecular flexibility index (Phi) is 5.51. The molecule has 0 spiro atoms. The number of aromatic nitrogens is 1. The van der Waals surface area contributed by atoms with Gasteiger partial charge < -0.3 is 10.1 Å². The van der Waals surface area contributed by atoms with Crippen LogP contribution in [-0.2, 0) is 16.0 Å². The fraction of sp³-hybridized carbons (Fsp3) is 0.190. The van der Waals surface area contributed by atoms with E-state index < -0.39 is 6.10 Å². The number of nitrogens with zero attached hydrogens (tertiary/aromatic N) is 2. The van der Waals surface area contributed by atoms with Gasteiger partial charge in [-0.1, -0.05) is 41.9 Å². The fourth-order valence-electron chi connectivity index (χ4n) is 3.10. The van der Waals surface area contributed by atoms with Gasteiger partial charge in [-0.05, 0) is 30.7 Å². The maximum absolute atomic E-state index is 12.6. The second-order valence-electron chi connectivity index (χ2n) is 6.60. The molecule has 3 aromatic rings. The third-order valence-electron chi connectivity index (χ3n) is 4.50. The Morgan fingerprint density at radius 2 is 2.00 bits per heavy atom. The predicted molar refractivity (Wildman–Crippen MR) is 114 cm³/mol. The van der Waals surface area contributed by atoms with E-state index in [1.807, 2.05) is 30.3 Å². The van der Waals surface area contributed by atoms with E-state index in [0.29, 0.717) is 28.0 Å². The van der Waals surface area contributed by atoms with Crippen LogP contribution in [0.1, 0.15) is 17.4 Å². The summed E-state index contributed by atoms with van der Waals surface area (Å²) in [6, 6.07) is 14.8. The molecule has 4 rings (SSSR count). The maximum atomic E-state index is 12.6. The first-order chi connectivity index (χ1) is 14.0. The first-order valence-corrected chi connectivity index (χ1v) is 10.3. The van der Waals surface area contributed by atoms with Gasteiger partial charge in [0.2, 0.25) is 5.91 Å². The van der Waals surface area contributed by atoms with Crippen LogP contribution < -0.4 is 15.0 Å². The van der Waals surface area contributed by atoms with Crippen LogP contribution >= 0.6 is 22.9 Å². The average Bonchev–Trinajstić information content (AvgIpc) is 3.14. The molecule has 148 valence electrons. The number of para-hydroxylation sites is 2. The predicted octanol–water partition coefficient (Wildman–Crippen LogP) is 4.14. The van der Waals surface area contributed by atoms with Crippen molar-refractivity contribution >= 4 is 45.6 Å². The Morgan fingerprint density at radius 1 is 1.24 bits per heavy atom. The summed E-state index contributed by atoms with van der Waals surface area (Å²) >= 11 is 7.59. The van der Waals surface area contributed by atoms with E-state index in [0.717, 1.165) is 10.4 Å². The zero-order valence-corrected chi connectivity index (χ0v) is 17.2. The summed E-state index contributed by atoms with van der Waals surface area (Å²) in [5.74, 6) is 0.0157. The normalized spacial score (nSPS) is 15.6. The smallest absolute Gasteiger partial charge is 0.268 e. The van der Waals surface area contributed by atoms with Crippen molar-refractivity contribution in [3.8, 4) is 5.75 Å². The summed E-state index contributed by atoms with van der Waals surface area (Å²) in [5, 5.41) is 3.96. The monoisotopic (exact) mass is 427 g/mol. The highest BCUT2D eigenvalue weighted by atomic mass is 35.5. The van der Waals surface area contributed by atoms with Gasteiger partial charge in [0.1, 0.15) is 12.3 Å². The number of hydrogen-bond acceptors (Lipinski definition) is 5. The molecule has 1 aromatic heterocycles. The number of fused-ring (bicyclic) bond motifs is 1. The van der Waals surface area contributed by atoms with E-state index in [-0.39, 0.29) is 18.4 Å². The highest BCUT2D eigenvalue weighted by Crippen LogP contribution is 2.33. The maximum Gasteiger partial charge on any atom is 0.268 e. The minimum Gasteiger partial charge on any atom is -0.479 e. The number of rotatable bonds is 5. The van der Waals surface area contributed by atoms with E-state index in [2.05, 4.69) is 10.3 Å². The zero-order valence-electron chi connectivity index (χ0n) is 15.6. The molecule has 1 unspecified atom stereocenters. The summed E-state index contributed by atoms with van der Waals surface area (Å²) < 4.78 is 5.60. The van der Waals surface area contributed by atoms with Gasteiger partial charge in [0.25, 0.3) is 5.91 Å². The van der Waals surface area contributed by atoms with E-state index >= 15 is 0 Å². The van der Waals surface area contributed by atoms with Crippen LogP contribution in [0.5, 0.6) is 5.75 Å². The Morgan fingerprint density at radius 3 is 2.83 bits per heavy atom. The summed E-state index contributed by atoms with van der Waals surface area (Å²) in [6.07, 6.45) is 1.72. The van der Waals surface area contributed by atoms with Crippen LogP contribution in [0.2, 0.25) is 5.02 Å². The Hall–Kier alpha value is -2.90. The van der Waals surface area contributed by atoms with Crippen LogP contribution in [0, 0.1) is 0 Å². The summed E-state index contributed by atoms with van der Waals surface area (Å²) in [6.45, 7) is 1.56. The van der Waals surface area contributed by atoms with Gasteiger partial charge in [-0.3, -0.25) is 14.5 Å². The Labute approximate surface area is 177 Å². The molecule has 0 fully saturated rings. The van der Waals surface area contributed by atoms with Crippen LogP contribution in [0.4, 0.5) is 10.8 Å². The largest absolute Gasteiger partial charge is 0.479 e. The van der Waals surface area contributed by atoms with Crippen LogP contribution in [0.3, 0.4) is 0 Å². The van der Waals surface area contributed by atoms with Crippen molar-refractivity contribution in [1.82, 2.24) is 4.98 Å². The third kappa shape index (κ3) is 4.26. The van der Waals surface area contributed by atoms with E-state index in [4.69, 9.17) is 16.3 Å². The fourth-order valence-corrected chi connectivity index (χ4v) is 4.16. The lowest BCUT2D eigenvalue weighted by Gasteiger charge is -2.32. The van der Waals surface area contributed by atoms with E-state index in [1.54, 1.807) is 31.3 Å². The molecule has 0 saturated carbocycles. The lowest BCUT2D eigenvalue weighted by atomic mass is 10.1. The third-order valence-corrected chi connectivity index (χ3v) is 5.78. The van der Waals surface area contributed by atoms with Gasteiger partial charge in [0.15, 0.2) is 11.2 Å². The molecule has 0 saturated heterocycles. The number of thiazole rings is 1. The average molecular weight is 428 g/mol. The molecule has 1 N–H and O–H groups in total. The summed E-state index contributed by atoms with van der Waals surface area (Å²) in [7, 11) is 0. The van der Waals surface area contributed by atoms with Gasteiger partial charge in [-0.25, -0.2) is 4.98 Å². The van der Waals surface area contributed by atoms with Crippen molar-refractivity contribution in [3.05, 3.63) is 70.2 Å². The van der Waals surface area contributed by atoms with Gasteiger partial charge >= 0.3 is 0 Å². The molecule has 1 atom stereocenters. The zero-order chi connectivity index (χ0) is 20.4. The minimum absolute atomic E-state index is 0.108. The van der Waals surface area contributed by atoms with Crippen molar-refractivity contribution in [1.29, 1.82) is 0 Å². The molecule has 0 radical (unpaired) electrons. The highest BCUT2D eigenvalue weighted by Gasteiger charge is 2.32. The summed E-state index contributed by atoms with van der Waals surface area (Å²) in [5.41, 5.74) is 1.59. The van der Waals surface area contributed by atoms with Gasteiger partial charge in [0.05, 0.1) is 5.69 Å². The molecule has 2 aromatic carbocycles. The molecule has 0 aliphatic carbocycles. The SMILES string of the molecule is CC1Oc2ccccc2N(CC(=O)Nc2ncc(Cc3ccccc3Cl)s2)C1=O. The number of carbonyl (C=O) groups excluding carboxylic acids is 2. The topological polar surface area (TPSA) is 71.5 Å². The number of benzene rings is 2. The Bertz CT molecular complexity index is 1070. The lowest BCUT2D eigenvalue weighted by Crippen LogP contribution is -2.47. The van der Waals surface area contributed by atoms with Crippen LogP contribution in [0.15, 0.2) is 54.7 Å². The quantitative estimate of drug-likeness (QED) is 0.664. The van der Waals surface area contributed by atoms with Crippen molar-refractivity contribution in [3.63, 3.8) is 0 Å². The number of anilines is 2. The number of carbonyl (C=O) groups is 2. The second-order valence-corrected chi connectivity index (χ2v) is 8.12. The highest BCUT2D eigenvalue weighted by molar-refractivity contribution is 7.15. The van der Waals surface area contributed by atoms with Crippen molar-refractivity contribution < 1.29 is 14.3 Å². The number of nitrogens with one attached hydrogen (secondary N) is 1. The molecule has 6 nitrogen and oxygen atoms in total. The van der Waals surface area contributed by atoms with Crippen LogP contribution in [-0.4, -0.2) is 29.4 Å².